The molecule has 26 heavy (non-hydrogen) atoms. The maximum absolute atomic E-state index is 12.7. The zero-order chi connectivity index (χ0) is 18.9. The minimum Gasteiger partial charge on any atom is -0.484 e. The maximum Gasteiger partial charge on any atom is 0.261 e. The van der Waals surface area contributed by atoms with Crippen molar-refractivity contribution in [3.8, 4) is 5.75 Å². The van der Waals surface area contributed by atoms with Gasteiger partial charge in [-0.05, 0) is 43.2 Å². The van der Waals surface area contributed by atoms with Gasteiger partial charge in [-0.1, -0.05) is 41.9 Å². The first-order valence-electron chi connectivity index (χ1n) is 8.44. The fraction of sp³-hybridized carbons (Fsp3) is 0.300. The Balaban J connectivity index is 2.02. The van der Waals surface area contributed by atoms with E-state index in [-0.39, 0.29) is 18.4 Å². The van der Waals surface area contributed by atoms with Crippen LogP contribution in [0.2, 0.25) is 5.02 Å². The molecule has 0 bridgehead atoms. The molecule has 0 aliphatic heterocycles. The van der Waals surface area contributed by atoms with Gasteiger partial charge in [0.1, 0.15) is 11.8 Å². The Hall–Kier alpha value is -2.53. The molecule has 2 amide bonds. The molecule has 0 fully saturated rings. The Kier molecular flexibility index (Phi) is 7.48. The van der Waals surface area contributed by atoms with Gasteiger partial charge in [-0.15, -0.1) is 0 Å². The maximum atomic E-state index is 12.7. The van der Waals surface area contributed by atoms with E-state index in [1.165, 1.54) is 0 Å². The normalized spacial score (nSPS) is 11.5. The number of ether oxygens (including phenoxy) is 1. The number of hydrogen-bond acceptors (Lipinski definition) is 3. The van der Waals surface area contributed by atoms with E-state index in [1.807, 2.05) is 30.3 Å². The van der Waals surface area contributed by atoms with Gasteiger partial charge in [-0.3, -0.25) is 9.59 Å². The molecule has 138 valence electrons. The van der Waals surface area contributed by atoms with Crippen LogP contribution in [0.3, 0.4) is 0 Å². The number of carbonyl (C=O) groups excluding carboxylic acids is 2. The van der Waals surface area contributed by atoms with Crippen molar-refractivity contribution in [3.05, 3.63) is 65.2 Å². The van der Waals surface area contributed by atoms with Crippen molar-refractivity contribution in [2.24, 2.45) is 0 Å². The Labute approximate surface area is 158 Å². The molecule has 6 heteroatoms. The summed E-state index contributed by atoms with van der Waals surface area (Å²) in [6, 6.07) is 16.1. The van der Waals surface area contributed by atoms with E-state index in [9.17, 15) is 9.59 Å². The lowest BCUT2D eigenvalue weighted by Gasteiger charge is -2.28. The summed E-state index contributed by atoms with van der Waals surface area (Å²) in [5.41, 5.74) is 1.10. The first kappa shape index (κ1) is 19.8. The Morgan fingerprint density at radius 2 is 1.77 bits per heavy atom. The van der Waals surface area contributed by atoms with Crippen molar-refractivity contribution in [1.82, 2.24) is 10.2 Å². The quantitative estimate of drug-likeness (QED) is 0.772. The van der Waals surface area contributed by atoms with Gasteiger partial charge in [0.2, 0.25) is 5.91 Å². The minimum atomic E-state index is -0.579. The molecule has 0 unspecified atom stereocenters. The van der Waals surface area contributed by atoms with Crippen molar-refractivity contribution >= 4 is 23.4 Å². The van der Waals surface area contributed by atoms with E-state index in [1.54, 1.807) is 43.1 Å². The summed E-state index contributed by atoms with van der Waals surface area (Å²) < 4.78 is 5.54. The predicted octanol–water partition coefficient (Wildman–Crippen LogP) is 2.92. The van der Waals surface area contributed by atoms with Crippen molar-refractivity contribution < 1.29 is 14.3 Å². The molecule has 1 N–H and O–H groups in total. The molecular weight excluding hydrogens is 352 g/mol. The first-order chi connectivity index (χ1) is 12.5. The molecule has 0 aliphatic carbocycles. The van der Waals surface area contributed by atoms with Gasteiger partial charge < -0.3 is 15.0 Å². The van der Waals surface area contributed by atoms with Gasteiger partial charge >= 0.3 is 0 Å². The second kappa shape index (κ2) is 9.82. The van der Waals surface area contributed by atoms with E-state index in [0.717, 1.165) is 5.56 Å². The SMILES string of the molecule is CNC(=O)[C@H](C)N(CCc1ccccc1)C(=O)COc1ccc(Cl)cc1. The molecule has 0 heterocycles. The summed E-state index contributed by atoms with van der Waals surface area (Å²) in [6.45, 7) is 2.00. The highest BCUT2D eigenvalue weighted by Gasteiger charge is 2.25. The van der Waals surface area contributed by atoms with Crippen LogP contribution in [0.1, 0.15) is 12.5 Å². The van der Waals surface area contributed by atoms with Crippen LogP contribution in [0, 0.1) is 0 Å². The summed E-state index contributed by atoms with van der Waals surface area (Å²) >= 11 is 5.84. The van der Waals surface area contributed by atoms with Crippen molar-refractivity contribution in [1.29, 1.82) is 0 Å². The standard InChI is InChI=1S/C20H23ClN2O3/c1-15(20(25)22-2)23(13-12-16-6-4-3-5-7-16)19(24)14-26-18-10-8-17(21)9-11-18/h3-11,15H,12-14H2,1-2H3,(H,22,25)/t15-/m0/s1. The van der Waals surface area contributed by atoms with Gasteiger partial charge in [-0.2, -0.15) is 0 Å². The molecule has 5 nitrogen and oxygen atoms in total. The van der Waals surface area contributed by atoms with Crippen LogP contribution >= 0.6 is 11.6 Å². The number of carbonyl (C=O) groups is 2. The lowest BCUT2D eigenvalue weighted by Crippen LogP contribution is -2.49. The Morgan fingerprint density at radius 1 is 1.12 bits per heavy atom. The number of hydrogen-bond donors (Lipinski definition) is 1. The highest BCUT2D eigenvalue weighted by molar-refractivity contribution is 6.30. The smallest absolute Gasteiger partial charge is 0.261 e. The van der Waals surface area contributed by atoms with Gasteiger partial charge in [-0.25, -0.2) is 0 Å². The zero-order valence-corrected chi connectivity index (χ0v) is 15.7. The number of amides is 2. The monoisotopic (exact) mass is 374 g/mol. The van der Waals surface area contributed by atoms with Crippen LogP contribution in [-0.4, -0.2) is 43.0 Å². The number of nitrogens with one attached hydrogen (secondary N) is 1. The molecule has 0 aromatic heterocycles. The Bertz CT molecular complexity index is 720. The van der Waals surface area contributed by atoms with Gasteiger partial charge in [0.15, 0.2) is 6.61 Å². The number of halogens is 1. The van der Waals surface area contributed by atoms with Gasteiger partial charge in [0.05, 0.1) is 0 Å². The summed E-state index contributed by atoms with van der Waals surface area (Å²) in [5, 5.41) is 3.19. The zero-order valence-electron chi connectivity index (χ0n) is 14.9. The van der Waals surface area contributed by atoms with Crippen LogP contribution in [0.4, 0.5) is 0 Å². The first-order valence-corrected chi connectivity index (χ1v) is 8.82. The highest BCUT2D eigenvalue weighted by atomic mass is 35.5. The van der Waals surface area contributed by atoms with Crippen molar-refractivity contribution in [2.45, 2.75) is 19.4 Å². The predicted molar refractivity (Wildman–Crippen MR) is 102 cm³/mol. The number of benzene rings is 2. The van der Waals surface area contributed by atoms with E-state index < -0.39 is 6.04 Å². The van der Waals surface area contributed by atoms with E-state index >= 15 is 0 Å². The summed E-state index contributed by atoms with van der Waals surface area (Å²) in [7, 11) is 1.56. The third-order valence-corrected chi connectivity index (χ3v) is 4.33. The second-order valence-corrected chi connectivity index (χ2v) is 6.29. The van der Waals surface area contributed by atoms with Crippen LogP contribution in [0.15, 0.2) is 54.6 Å². The Morgan fingerprint density at radius 3 is 2.38 bits per heavy atom. The van der Waals surface area contributed by atoms with E-state index in [2.05, 4.69) is 5.32 Å². The van der Waals surface area contributed by atoms with Crippen LogP contribution in [0.5, 0.6) is 5.75 Å². The average Bonchev–Trinajstić information content (AvgIpc) is 2.67. The molecular formula is C20H23ClN2O3. The minimum absolute atomic E-state index is 0.141. The van der Waals surface area contributed by atoms with Gasteiger partial charge in [0.25, 0.3) is 5.91 Å². The highest BCUT2D eigenvalue weighted by Crippen LogP contribution is 2.16. The van der Waals surface area contributed by atoms with E-state index in [4.69, 9.17) is 16.3 Å². The average molecular weight is 375 g/mol. The number of nitrogens with zero attached hydrogens (tertiary/aromatic N) is 1. The second-order valence-electron chi connectivity index (χ2n) is 5.86. The molecule has 0 saturated heterocycles. The molecule has 2 aromatic carbocycles. The summed E-state index contributed by atoms with van der Waals surface area (Å²) in [6.07, 6.45) is 0.662. The number of rotatable bonds is 8. The number of likely N-dealkylation sites (N-methyl/N-ethyl adjacent to an activating group) is 1. The molecule has 0 radical (unpaired) electrons. The summed E-state index contributed by atoms with van der Waals surface area (Å²) in [4.78, 5) is 26.2. The third-order valence-electron chi connectivity index (χ3n) is 4.07. The van der Waals surface area contributed by atoms with Crippen LogP contribution in [0.25, 0.3) is 0 Å². The fourth-order valence-corrected chi connectivity index (χ4v) is 2.66. The molecule has 0 spiro atoms. The fourth-order valence-electron chi connectivity index (χ4n) is 2.54. The van der Waals surface area contributed by atoms with Crippen LogP contribution in [-0.2, 0) is 16.0 Å². The van der Waals surface area contributed by atoms with Crippen LogP contribution < -0.4 is 10.1 Å². The molecule has 0 saturated carbocycles. The van der Waals surface area contributed by atoms with Crippen molar-refractivity contribution in [2.75, 3.05) is 20.2 Å². The largest absolute Gasteiger partial charge is 0.484 e. The lowest BCUT2D eigenvalue weighted by molar-refractivity contribution is -0.141. The van der Waals surface area contributed by atoms with Crippen molar-refractivity contribution in [3.63, 3.8) is 0 Å². The topological polar surface area (TPSA) is 58.6 Å². The molecule has 2 rings (SSSR count). The van der Waals surface area contributed by atoms with E-state index in [0.29, 0.717) is 23.7 Å². The van der Waals surface area contributed by atoms with Gasteiger partial charge in [0, 0.05) is 18.6 Å². The lowest BCUT2D eigenvalue weighted by atomic mass is 10.1. The summed E-state index contributed by atoms with van der Waals surface area (Å²) in [5.74, 6) is 0.100. The third kappa shape index (κ3) is 5.77. The molecule has 0 aliphatic rings. The molecule has 1 atom stereocenters. The molecule has 2 aromatic rings.